The molecule has 1 atom stereocenters. The molecular weight excluding hydrogens is 333 g/mol. The number of nitrogens with two attached hydrogens (primary N) is 1. The summed E-state index contributed by atoms with van der Waals surface area (Å²) >= 11 is 0. The van der Waals surface area contributed by atoms with E-state index in [1.807, 2.05) is 41.3 Å². The zero-order valence-electron chi connectivity index (χ0n) is 12.7. The number of carbonyl (C=O) groups is 1. The van der Waals surface area contributed by atoms with Gasteiger partial charge in [0, 0.05) is 30.6 Å². The highest BCUT2D eigenvalue weighted by atomic mass is 35.5. The summed E-state index contributed by atoms with van der Waals surface area (Å²) < 4.78 is 0. The zero-order valence-corrected chi connectivity index (χ0v) is 14.4. The average Bonchev–Trinajstić information content (AvgIpc) is 3.01. The molecule has 0 saturated carbocycles. The Balaban J connectivity index is 0.00000132. The first-order valence-corrected chi connectivity index (χ1v) is 7.32. The van der Waals surface area contributed by atoms with Crippen molar-refractivity contribution in [3.63, 3.8) is 0 Å². The maximum atomic E-state index is 12.2. The first-order chi connectivity index (χ1) is 10.3. The van der Waals surface area contributed by atoms with Crippen molar-refractivity contribution < 1.29 is 4.79 Å². The molecule has 124 valence electrons. The van der Waals surface area contributed by atoms with Crippen LogP contribution in [-0.2, 0) is 4.79 Å². The standard InChI is InChI=1S/C17H19N3O.2ClH/c18-12-15-5-3-11-20(15)17(21)10-9-14-8-7-13-4-1-2-6-16(13)19-14;;/h1-2,4,6-10,15H,3,5,11-12,18H2;2*1H. The van der Waals surface area contributed by atoms with Gasteiger partial charge in [-0.1, -0.05) is 24.3 Å². The number of likely N-dealkylation sites (tertiary alicyclic amines) is 1. The van der Waals surface area contributed by atoms with Crippen molar-refractivity contribution in [2.24, 2.45) is 5.73 Å². The number of rotatable bonds is 3. The number of nitrogens with zero attached hydrogens (tertiary/aromatic N) is 2. The van der Waals surface area contributed by atoms with E-state index in [2.05, 4.69) is 4.98 Å². The first kappa shape index (κ1) is 19.4. The van der Waals surface area contributed by atoms with Crippen LogP contribution in [0.2, 0.25) is 0 Å². The minimum absolute atomic E-state index is 0. The molecule has 23 heavy (non-hydrogen) atoms. The van der Waals surface area contributed by atoms with Crippen LogP contribution in [0.4, 0.5) is 0 Å². The molecule has 0 bridgehead atoms. The lowest BCUT2D eigenvalue weighted by atomic mass is 10.2. The minimum atomic E-state index is 0. The quantitative estimate of drug-likeness (QED) is 0.862. The summed E-state index contributed by atoms with van der Waals surface area (Å²) in [6.07, 6.45) is 5.42. The lowest BCUT2D eigenvalue weighted by Gasteiger charge is -2.21. The van der Waals surface area contributed by atoms with Gasteiger partial charge in [-0.25, -0.2) is 4.98 Å². The average molecular weight is 354 g/mol. The summed E-state index contributed by atoms with van der Waals surface area (Å²) in [6, 6.07) is 12.1. The predicted octanol–water partition coefficient (Wildman–Crippen LogP) is 3.04. The van der Waals surface area contributed by atoms with Gasteiger partial charge in [-0.2, -0.15) is 0 Å². The molecule has 1 aliphatic rings. The van der Waals surface area contributed by atoms with Crippen LogP contribution in [0.1, 0.15) is 18.5 Å². The molecule has 6 heteroatoms. The molecule has 0 spiro atoms. The summed E-state index contributed by atoms with van der Waals surface area (Å²) in [4.78, 5) is 18.6. The van der Waals surface area contributed by atoms with E-state index in [4.69, 9.17) is 5.73 Å². The molecule has 4 nitrogen and oxygen atoms in total. The van der Waals surface area contributed by atoms with Crippen molar-refractivity contribution in [2.45, 2.75) is 18.9 Å². The van der Waals surface area contributed by atoms with Crippen LogP contribution in [0, 0.1) is 0 Å². The fourth-order valence-corrected chi connectivity index (χ4v) is 2.80. The summed E-state index contributed by atoms with van der Waals surface area (Å²) in [5.74, 6) is 0.0258. The Morgan fingerprint density at radius 1 is 1.26 bits per heavy atom. The molecule has 1 saturated heterocycles. The number of benzene rings is 1. The fraction of sp³-hybridized carbons (Fsp3) is 0.294. The largest absolute Gasteiger partial charge is 0.335 e. The molecule has 1 aromatic heterocycles. The lowest BCUT2D eigenvalue weighted by molar-refractivity contribution is -0.126. The topological polar surface area (TPSA) is 59.2 Å². The van der Waals surface area contributed by atoms with E-state index in [0.717, 1.165) is 36.0 Å². The molecule has 1 unspecified atom stereocenters. The fourth-order valence-electron chi connectivity index (χ4n) is 2.80. The van der Waals surface area contributed by atoms with Gasteiger partial charge >= 0.3 is 0 Å². The van der Waals surface area contributed by atoms with Gasteiger partial charge in [0.1, 0.15) is 0 Å². The van der Waals surface area contributed by atoms with Crippen LogP contribution < -0.4 is 5.73 Å². The summed E-state index contributed by atoms with van der Waals surface area (Å²) in [6.45, 7) is 1.34. The van der Waals surface area contributed by atoms with Crippen molar-refractivity contribution in [3.8, 4) is 0 Å². The smallest absolute Gasteiger partial charge is 0.246 e. The van der Waals surface area contributed by atoms with Crippen LogP contribution in [0.3, 0.4) is 0 Å². The number of para-hydroxylation sites is 1. The van der Waals surface area contributed by atoms with E-state index in [1.165, 1.54) is 0 Å². The van der Waals surface area contributed by atoms with Crippen LogP contribution in [-0.4, -0.2) is 34.9 Å². The normalized spacial score (nSPS) is 17.1. The lowest BCUT2D eigenvalue weighted by Crippen LogP contribution is -2.38. The Hall–Kier alpha value is -1.62. The Bertz CT molecular complexity index is 690. The van der Waals surface area contributed by atoms with Gasteiger partial charge in [0.15, 0.2) is 0 Å². The van der Waals surface area contributed by atoms with E-state index in [0.29, 0.717) is 6.54 Å². The van der Waals surface area contributed by atoms with Gasteiger partial charge in [-0.05, 0) is 31.1 Å². The van der Waals surface area contributed by atoms with Gasteiger partial charge < -0.3 is 10.6 Å². The molecule has 1 aromatic carbocycles. The predicted molar refractivity (Wildman–Crippen MR) is 99.1 cm³/mol. The Labute approximate surface area is 148 Å². The number of carbonyl (C=O) groups excluding carboxylic acids is 1. The highest BCUT2D eigenvalue weighted by Crippen LogP contribution is 2.17. The van der Waals surface area contributed by atoms with E-state index >= 15 is 0 Å². The van der Waals surface area contributed by atoms with Crippen molar-refractivity contribution in [2.75, 3.05) is 13.1 Å². The van der Waals surface area contributed by atoms with Gasteiger partial charge in [0.25, 0.3) is 0 Å². The molecular formula is C17H21Cl2N3O. The number of aromatic nitrogens is 1. The number of hydrogen-bond acceptors (Lipinski definition) is 3. The highest BCUT2D eigenvalue weighted by molar-refractivity contribution is 5.92. The van der Waals surface area contributed by atoms with Crippen LogP contribution in [0.25, 0.3) is 17.0 Å². The van der Waals surface area contributed by atoms with Crippen molar-refractivity contribution >= 4 is 47.7 Å². The van der Waals surface area contributed by atoms with E-state index in [9.17, 15) is 4.79 Å². The SMILES string of the molecule is Cl.Cl.NCC1CCCN1C(=O)C=Cc1ccc2ccccc2n1. The molecule has 1 amide bonds. The van der Waals surface area contributed by atoms with Crippen molar-refractivity contribution in [1.29, 1.82) is 0 Å². The number of pyridine rings is 1. The van der Waals surface area contributed by atoms with Crippen molar-refractivity contribution in [3.05, 3.63) is 48.2 Å². The zero-order chi connectivity index (χ0) is 14.7. The molecule has 1 fully saturated rings. The van der Waals surface area contributed by atoms with Gasteiger partial charge in [0.05, 0.1) is 11.2 Å². The highest BCUT2D eigenvalue weighted by Gasteiger charge is 2.25. The number of fused-ring (bicyclic) bond motifs is 1. The number of amides is 1. The first-order valence-electron chi connectivity index (χ1n) is 7.32. The monoisotopic (exact) mass is 353 g/mol. The minimum Gasteiger partial charge on any atom is -0.335 e. The second kappa shape index (κ2) is 8.87. The summed E-state index contributed by atoms with van der Waals surface area (Å²) in [5, 5.41) is 1.10. The number of hydrogen-bond donors (Lipinski definition) is 1. The second-order valence-electron chi connectivity index (χ2n) is 5.33. The second-order valence-corrected chi connectivity index (χ2v) is 5.33. The van der Waals surface area contributed by atoms with E-state index in [1.54, 1.807) is 12.2 Å². The van der Waals surface area contributed by atoms with Crippen LogP contribution in [0.15, 0.2) is 42.5 Å². The summed E-state index contributed by atoms with van der Waals surface area (Å²) in [5.41, 5.74) is 7.44. The Morgan fingerprint density at radius 2 is 2.04 bits per heavy atom. The molecule has 2 aromatic rings. The molecule has 0 radical (unpaired) electrons. The maximum Gasteiger partial charge on any atom is 0.246 e. The molecule has 0 aliphatic carbocycles. The van der Waals surface area contributed by atoms with Gasteiger partial charge in [-0.15, -0.1) is 24.8 Å². The van der Waals surface area contributed by atoms with Gasteiger partial charge in [0.2, 0.25) is 5.91 Å². The van der Waals surface area contributed by atoms with Gasteiger partial charge in [-0.3, -0.25) is 4.79 Å². The third-order valence-corrected chi connectivity index (χ3v) is 3.95. The van der Waals surface area contributed by atoms with Crippen LogP contribution in [0.5, 0.6) is 0 Å². The third-order valence-electron chi connectivity index (χ3n) is 3.95. The molecule has 2 N–H and O–H groups in total. The van der Waals surface area contributed by atoms with E-state index in [-0.39, 0.29) is 36.8 Å². The van der Waals surface area contributed by atoms with Crippen molar-refractivity contribution in [1.82, 2.24) is 9.88 Å². The molecule has 3 rings (SSSR count). The number of halogens is 2. The molecule has 1 aliphatic heterocycles. The Kier molecular flexibility index (Phi) is 7.49. The maximum absolute atomic E-state index is 12.2. The molecule has 2 heterocycles. The Morgan fingerprint density at radius 3 is 2.83 bits per heavy atom. The third kappa shape index (κ3) is 4.44. The summed E-state index contributed by atoms with van der Waals surface area (Å²) in [7, 11) is 0. The van der Waals surface area contributed by atoms with E-state index < -0.39 is 0 Å². The van der Waals surface area contributed by atoms with Crippen LogP contribution >= 0.6 is 24.8 Å².